The number of halogens is 1. The second-order valence-corrected chi connectivity index (χ2v) is 4.16. The van der Waals surface area contributed by atoms with Crippen LogP contribution in [-0.2, 0) is 10.0 Å². The normalized spacial score (nSPS) is 11.4. The Balaban J connectivity index is 3.14. The first kappa shape index (κ1) is 9.38. The summed E-state index contributed by atoms with van der Waals surface area (Å²) >= 11 is 4.89. The van der Waals surface area contributed by atoms with E-state index in [1.165, 1.54) is 12.1 Å². The molecule has 0 aliphatic rings. The first-order valence-corrected chi connectivity index (χ1v) is 4.84. The maximum atomic E-state index is 11.0. The molecule has 0 saturated heterocycles. The molecule has 0 aromatic heterocycles. The molecular formula is C7H6ClNO2S. The predicted octanol–water partition coefficient (Wildman–Crippen LogP) is 2.08. The zero-order chi connectivity index (χ0) is 9.19. The van der Waals surface area contributed by atoms with Crippen molar-refractivity contribution >= 4 is 21.8 Å². The summed E-state index contributed by atoms with van der Waals surface area (Å²) in [6.45, 7) is 3.61. The molecule has 0 heterocycles. The van der Waals surface area contributed by atoms with Crippen LogP contribution in [-0.4, -0.2) is 8.42 Å². The minimum atomic E-state index is -3.65. The lowest BCUT2D eigenvalue weighted by molar-refractivity contribution is 0.604. The third-order valence-electron chi connectivity index (χ3n) is 1.31. The van der Waals surface area contributed by atoms with Gasteiger partial charge in [-0.15, -0.1) is 0 Å². The van der Waals surface area contributed by atoms with Gasteiger partial charge >= 0.3 is 0 Å². The Bertz CT molecular complexity index is 357. The average molecular weight is 204 g/mol. The van der Waals surface area contributed by atoms with Gasteiger partial charge in [0.2, 0.25) is 0 Å². The number of sulfonamides is 1. The monoisotopic (exact) mass is 203 g/mol. The zero-order valence-electron chi connectivity index (χ0n) is 6.07. The van der Waals surface area contributed by atoms with Crippen LogP contribution in [0.25, 0.3) is 4.24 Å². The minimum absolute atomic E-state index is 0.0740. The van der Waals surface area contributed by atoms with Crippen molar-refractivity contribution in [3.63, 3.8) is 0 Å². The van der Waals surface area contributed by atoms with Crippen LogP contribution in [0.2, 0.25) is 0 Å². The molecule has 3 nitrogen and oxygen atoms in total. The van der Waals surface area contributed by atoms with Gasteiger partial charge in [-0.2, -0.15) is 0 Å². The largest absolute Gasteiger partial charge is 0.458 e. The zero-order valence-corrected chi connectivity index (χ0v) is 7.64. The molecule has 0 spiro atoms. The SMILES string of the molecule is [CH2+]c1ccc(S(=O)(=O)[N-]Cl)cc1. The number of benzene rings is 1. The summed E-state index contributed by atoms with van der Waals surface area (Å²) in [6.07, 6.45) is 0. The first-order chi connectivity index (χ1) is 5.56. The van der Waals surface area contributed by atoms with Crippen molar-refractivity contribution in [1.82, 2.24) is 0 Å². The summed E-state index contributed by atoms with van der Waals surface area (Å²) < 4.78 is 24.7. The fourth-order valence-corrected chi connectivity index (χ4v) is 1.50. The molecule has 0 atom stereocenters. The third-order valence-corrected chi connectivity index (χ3v) is 2.91. The molecule has 0 saturated carbocycles. The van der Waals surface area contributed by atoms with Crippen molar-refractivity contribution in [1.29, 1.82) is 0 Å². The van der Waals surface area contributed by atoms with Gasteiger partial charge in [-0.3, -0.25) is 11.8 Å². The molecule has 0 amide bonds. The van der Waals surface area contributed by atoms with E-state index in [9.17, 15) is 8.42 Å². The van der Waals surface area contributed by atoms with E-state index in [1.807, 2.05) is 0 Å². The van der Waals surface area contributed by atoms with Crippen LogP contribution in [0.15, 0.2) is 29.2 Å². The van der Waals surface area contributed by atoms with Crippen LogP contribution in [0.3, 0.4) is 0 Å². The Hall–Kier alpha value is -0.710. The van der Waals surface area contributed by atoms with E-state index >= 15 is 0 Å². The molecule has 0 unspecified atom stereocenters. The van der Waals surface area contributed by atoms with E-state index in [2.05, 4.69) is 11.2 Å². The Labute approximate surface area is 76.5 Å². The highest BCUT2D eigenvalue weighted by atomic mass is 35.5. The van der Waals surface area contributed by atoms with Gasteiger partial charge in [-0.1, -0.05) is 0 Å². The van der Waals surface area contributed by atoms with Crippen molar-refractivity contribution < 1.29 is 8.42 Å². The second-order valence-electron chi connectivity index (χ2n) is 2.19. The topological polar surface area (TPSA) is 48.2 Å². The van der Waals surface area contributed by atoms with E-state index in [0.717, 1.165) is 5.56 Å². The number of hydrogen-bond donors (Lipinski definition) is 0. The fraction of sp³-hybridized carbons (Fsp3) is 0. The molecule has 1 rings (SSSR count). The van der Waals surface area contributed by atoms with Gasteiger partial charge < -0.3 is 4.24 Å². The summed E-state index contributed by atoms with van der Waals surface area (Å²) in [5.74, 6) is 0. The summed E-state index contributed by atoms with van der Waals surface area (Å²) in [5, 5.41) is 0. The Kier molecular flexibility index (Phi) is 2.62. The second kappa shape index (κ2) is 3.35. The number of nitrogens with zero attached hydrogens (tertiary/aromatic N) is 1. The van der Waals surface area contributed by atoms with Gasteiger partial charge in [-0.05, 0) is 0 Å². The molecule has 0 radical (unpaired) electrons. The van der Waals surface area contributed by atoms with E-state index in [-0.39, 0.29) is 4.90 Å². The first-order valence-electron chi connectivity index (χ1n) is 3.06. The highest BCUT2D eigenvalue weighted by Crippen LogP contribution is 2.18. The maximum absolute atomic E-state index is 11.0. The Morgan fingerprint density at radius 1 is 1.25 bits per heavy atom. The van der Waals surface area contributed by atoms with Crippen molar-refractivity contribution in [2.75, 3.05) is 0 Å². The van der Waals surface area contributed by atoms with Gasteiger partial charge in [0.25, 0.3) is 0 Å². The lowest BCUT2D eigenvalue weighted by Crippen LogP contribution is -1.94. The van der Waals surface area contributed by atoms with Gasteiger partial charge in [0.1, 0.15) is 15.6 Å². The molecular weight excluding hydrogens is 198 g/mol. The van der Waals surface area contributed by atoms with Gasteiger partial charge in [0.05, 0.1) is 4.90 Å². The van der Waals surface area contributed by atoms with E-state index in [1.54, 1.807) is 12.1 Å². The molecule has 0 bridgehead atoms. The van der Waals surface area contributed by atoms with Crippen molar-refractivity contribution in [2.24, 2.45) is 0 Å². The minimum Gasteiger partial charge on any atom is -0.458 e. The summed E-state index contributed by atoms with van der Waals surface area (Å²) in [7, 11) is -3.65. The third kappa shape index (κ3) is 1.91. The molecule has 1 aromatic carbocycles. The molecule has 5 heteroatoms. The van der Waals surface area contributed by atoms with Gasteiger partial charge in [-0.25, -0.2) is 8.42 Å². The van der Waals surface area contributed by atoms with E-state index < -0.39 is 10.0 Å². The highest BCUT2D eigenvalue weighted by Gasteiger charge is 2.04. The fourth-order valence-electron chi connectivity index (χ4n) is 0.701. The smallest absolute Gasteiger partial charge is 0.126 e. The molecule has 64 valence electrons. The van der Waals surface area contributed by atoms with Crippen LogP contribution < -0.4 is 0 Å². The lowest BCUT2D eigenvalue weighted by Gasteiger charge is -2.09. The van der Waals surface area contributed by atoms with Crippen LogP contribution in [0, 0.1) is 6.92 Å². The lowest BCUT2D eigenvalue weighted by atomic mass is 10.2. The summed E-state index contributed by atoms with van der Waals surface area (Å²) in [4.78, 5) is 0.0740. The molecule has 12 heavy (non-hydrogen) atoms. The van der Waals surface area contributed by atoms with Gasteiger partial charge in [0, 0.05) is 31.2 Å². The molecule has 0 aliphatic heterocycles. The molecule has 0 aliphatic carbocycles. The van der Waals surface area contributed by atoms with Crippen LogP contribution in [0.1, 0.15) is 5.56 Å². The molecule has 0 fully saturated rings. The quantitative estimate of drug-likeness (QED) is 0.691. The van der Waals surface area contributed by atoms with Gasteiger partial charge in [0.15, 0.2) is 0 Å². The van der Waals surface area contributed by atoms with Crippen LogP contribution >= 0.6 is 11.8 Å². The van der Waals surface area contributed by atoms with Crippen molar-refractivity contribution in [2.45, 2.75) is 4.90 Å². The van der Waals surface area contributed by atoms with E-state index in [4.69, 9.17) is 11.8 Å². The van der Waals surface area contributed by atoms with Crippen LogP contribution in [0.5, 0.6) is 0 Å². The molecule has 0 N–H and O–H groups in total. The Morgan fingerprint density at radius 2 is 1.75 bits per heavy atom. The number of hydrogen-bond acceptors (Lipinski definition) is 2. The van der Waals surface area contributed by atoms with Crippen molar-refractivity contribution in [3.8, 4) is 0 Å². The molecule has 1 aromatic rings. The average Bonchev–Trinajstić information content (AvgIpc) is 2.05. The highest BCUT2D eigenvalue weighted by molar-refractivity contribution is 7.95. The maximum Gasteiger partial charge on any atom is 0.126 e. The number of rotatable bonds is 2. The van der Waals surface area contributed by atoms with Crippen molar-refractivity contribution in [3.05, 3.63) is 41.0 Å². The summed E-state index contributed by atoms with van der Waals surface area (Å²) in [6, 6.07) is 5.97. The Morgan fingerprint density at radius 3 is 2.17 bits per heavy atom. The van der Waals surface area contributed by atoms with Crippen LogP contribution in [0.4, 0.5) is 0 Å². The summed E-state index contributed by atoms with van der Waals surface area (Å²) in [5.41, 5.74) is 0.739. The predicted molar refractivity (Wildman–Crippen MR) is 47.3 cm³/mol. The van der Waals surface area contributed by atoms with E-state index in [0.29, 0.717) is 0 Å². The standard InChI is InChI=1S/C7H6ClNO2S/c1-6-2-4-7(5-3-6)12(10,11)9-8/h2-5H,1H2.